The van der Waals surface area contributed by atoms with Gasteiger partial charge in [0.15, 0.2) is 16.6 Å². The van der Waals surface area contributed by atoms with Crippen LogP contribution in [0.1, 0.15) is 51.9 Å². The summed E-state index contributed by atoms with van der Waals surface area (Å²) < 4.78 is 32.5. The average molecular weight is 587 g/mol. The van der Waals surface area contributed by atoms with Gasteiger partial charge in [0, 0.05) is 6.61 Å². The Labute approximate surface area is 222 Å². The zero-order valence-corrected chi connectivity index (χ0v) is 29.7. The number of aliphatic hydroxyl groups is 2. The predicted octanol–water partition coefficient (Wildman–Crippen LogP) is 5.84. The van der Waals surface area contributed by atoms with Gasteiger partial charge in [-0.2, -0.15) is 0 Å². The lowest BCUT2D eigenvalue weighted by molar-refractivity contribution is 0.00623. The van der Waals surface area contributed by atoms with Crippen molar-refractivity contribution >= 4 is 43.0 Å². The smallest absolute Gasteiger partial charge is 0.317 e. The molecule has 212 valence electrons. The maximum Gasteiger partial charge on any atom is 0.317 e. The third kappa shape index (κ3) is 20.4. The van der Waals surface area contributed by atoms with Gasteiger partial charge in [0.25, 0.3) is 9.28 Å². The third-order valence-corrected chi connectivity index (χ3v) is 22.9. The zero-order valence-electron chi connectivity index (χ0n) is 24.6. The standard InChI is InChI=1S/C23H58O7Si5/c1-11-12-13-14-15-16-19-34(9,28-31(2)27-32(3,4)5)30-35(10,29-33(6,7)8)20-17-18-26-22-23(25)21-24/h23-25,31H,11-22H2,1-10H3. The number of aliphatic hydroxyl groups excluding tert-OH is 2. The second kappa shape index (κ2) is 17.4. The van der Waals surface area contributed by atoms with Crippen molar-refractivity contribution in [1.29, 1.82) is 0 Å². The van der Waals surface area contributed by atoms with Crippen molar-refractivity contribution in [2.24, 2.45) is 0 Å². The monoisotopic (exact) mass is 586 g/mol. The van der Waals surface area contributed by atoms with Gasteiger partial charge in [-0.05, 0) is 77.4 Å². The van der Waals surface area contributed by atoms with Gasteiger partial charge < -0.3 is 31.4 Å². The highest BCUT2D eigenvalue weighted by Crippen LogP contribution is 2.30. The fraction of sp³-hybridized carbons (Fsp3) is 1.00. The summed E-state index contributed by atoms with van der Waals surface area (Å²) in [7, 11) is -10.4. The van der Waals surface area contributed by atoms with E-state index in [0.29, 0.717) is 6.61 Å². The number of hydrogen-bond acceptors (Lipinski definition) is 7. The van der Waals surface area contributed by atoms with Crippen molar-refractivity contribution in [1.82, 2.24) is 0 Å². The van der Waals surface area contributed by atoms with Gasteiger partial charge in [0.2, 0.25) is 0 Å². The highest BCUT2D eigenvalue weighted by Gasteiger charge is 2.45. The van der Waals surface area contributed by atoms with Crippen molar-refractivity contribution in [3.63, 3.8) is 0 Å². The van der Waals surface area contributed by atoms with E-state index in [9.17, 15) is 5.11 Å². The summed E-state index contributed by atoms with van der Waals surface area (Å²) in [5, 5.41) is 18.5. The average Bonchev–Trinajstić information content (AvgIpc) is 2.66. The Balaban J connectivity index is 5.37. The molecule has 0 fully saturated rings. The van der Waals surface area contributed by atoms with Gasteiger partial charge in [-0.25, -0.2) is 0 Å². The van der Waals surface area contributed by atoms with E-state index in [2.05, 4.69) is 65.8 Å². The Morgan fingerprint density at radius 1 is 0.714 bits per heavy atom. The number of rotatable bonds is 22. The first-order chi connectivity index (χ1) is 16.0. The third-order valence-electron chi connectivity index (χ3n) is 5.31. The zero-order chi connectivity index (χ0) is 27.2. The molecule has 0 saturated heterocycles. The van der Waals surface area contributed by atoms with E-state index in [4.69, 9.17) is 26.3 Å². The van der Waals surface area contributed by atoms with Crippen LogP contribution in [0.4, 0.5) is 0 Å². The first-order valence-corrected chi connectivity index (χ1v) is 27.6. The Bertz CT molecular complexity index is 547. The van der Waals surface area contributed by atoms with E-state index >= 15 is 0 Å². The van der Waals surface area contributed by atoms with Crippen LogP contribution in [0.2, 0.25) is 71.0 Å². The van der Waals surface area contributed by atoms with Crippen molar-refractivity contribution in [3.05, 3.63) is 0 Å². The first kappa shape index (κ1) is 35.8. The summed E-state index contributed by atoms with van der Waals surface area (Å²) in [6.45, 7) is 22.5. The van der Waals surface area contributed by atoms with Gasteiger partial charge in [-0.3, -0.25) is 0 Å². The van der Waals surface area contributed by atoms with E-state index in [1.807, 2.05) is 0 Å². The maximum absolute atomic E-state index is 9.51. The quantitative estimate of drug-likeness (QED) is 0.122. The molecule has 2 N–H and O–H groups in total. The normalized spacial score (nSPS) is 18.2. The maximum atomic E-state index is 9.51. The molecule has 0 amide bonds. The van der Waals surface area contributed by atoms with Crippen LogP contribution in [-0.2, 0) is 21.2 Å². The Hall–Kier alpha value is 0.804. The molecule has 0 aliphatic heterocycles. The summed E-state index contributed by atoms with van der Waals surface area (Å²) in [6, 6.07) is 1.79. The molecule has 0 saturated carbocycles. The van der Waals surface area contributed by atoms with Crippen LogP contribution < -0.4 is 0 Å². The summed E-state index contributed by atoms with van der Waals surface area (Å²) in [5.74, 6) is 0. The summed E-state index contributed by atoms with van der Waals surface area (Å²) >= 11 is 0. The molecule has 35 heavy (non-hydrogen) atoms. The van der Waals surface area contributed by atoms with Crippen molar-refractivity contribution in [3.8, 4) is 0 Å². The van der Waals surface area contributed by atoms with E-state index in [1.165, 1.54) is 32.1 Å². The Morgan fingerprint density at radius 2 is 1.29 bits per heavy atom. The second-order valence-electron chi connectivity index (χ2n) is 12.0. The molecular weight excluding hydrogens is 529 g/mol. The molecule has 0 spiro atoms. The number of unbranched alkanes of at least 4 members (excludes halogenated alkanes) is 5. The van der Waals surface area contributed by atoms with Crippen LogP contribution in [0, 0.1) is 0 Å². The van der Waals surface area contributed by atoms with Crippen LogP contribution in [0.15, 0.2) is 0 Å². The largest absolute Gasteiger partial charge is 0.439 e. The molecule has 4 atom stereocenters. The van der Waals surface area contributed by atoms with Gasteiger partial charge >= 0.3 is 17.1 Å². The molecule has 0 aromatic carbocycles. The SMILES string of the molecule is CCCCCCCC[Si](C)(O[SiH](C)O[Si](C)(C)C)O[Si](C)(CCCOCC(O)CO)O[Si](C)(C)C. The van der Waals surface area contributed by atoms with Gasteiger partial charge in [-0.1, -0.05) is 45.4 Å². The van der Waals surface area contributed by atoms with E-state index in [-0.39, 0.29) is 13.2 Å². The minimum atomic E-state index is -2.53. The summed E-state index contributed by atoms with van der Waals surface area (Å²) in [6.07, 6.45) is 7.45. The molecule has 12 heteroatoms. The summed E-state index contributed by atoms with van der Waals surface area (Å²) in [5.41, 5.74) is 0. The predicted molar refractivity (Wildman–Crippen MR) is 159 cm³/mol. The molecule has 0 heterocycles. The lowest BCUT2D eigenvalue weighted by Gasteiger charge is -2.42. The molecule has 4 unspecified atom stereocenters. The molecular formula is C23H58O7Si5. The second-order valence-corrected chi connectivity index (χ2v) is 30.7. The summed E-state index contributed by atoms with van der Waals surface area (Å²) in [4.78, 5) is 0. The number of hydrogen-bond donors (Lipinski definition) is 2. The number of ether oxygens (including phenoxy) is 1. The molecule has 7 nitrogen and oxygen atoms in total. The molecule has 0 rings (SSSR count). The van der Waals surface area contributed by atoms with Crippen LogP contribution in [0.5, 0.6) is 0 Å². The van der Waals surface area contributed by atoms with Crippen LogP contribution in [-0.4, -0.2) is 79.2 Å². The molecule has 0 aromatic rings. The lowest BCUT2D eigenvalue weighted by Crippen LogP contribution is -2.57. The van der Waals surface area contributed by atoms with Gasteiger partial charge in [0.05, 0.1) is 13.2 Å². The minimum Gasteiger partial charge on any atom is -0.439 e. The van der Waals surface area contributed by atoms with Gasteiger partial charge in [0.1, 0.15) is 6.10 Å². The molecule has 0 aliphatic carbocycles. The fourth-order valence-corrected chi connectivity index (χ4v) is 25.0. The molecule has 0 aliphatic rings. The van der Waals surface area contributed by atoms with Crippen molar-refractivity contribution in [2.75, 3.05) is 19.8 Å². The molecule has 0 radical (unpaired) electrons. The van der Waals surface area contributed by atoms with E-state index in [1.54, 1.807) is 0 Å². The Morgan fingerprint density at radius 3 is 1.83 bits per heavy atom. The van der Waals surface area contributed by atoms with E-state index < -0.39 is 49.1 Å². The molecule has 0 bridgehead atoms. The minimum absolute atomic E-state index is 0.148. The van der Waals surface area contributed by atoms with Crippen molar-refractivity contribution in [2.45, 2.75) is 129 Å². The van der Waals surface area contributed by atoms with Gasteiger partial charge in [-0.15, -0.1) is 0 Å². The van der Waals surface area contributed by atoms with Crippen molar-refractivity contribution < 1.29 is 31.4 Å². The lowest BCUT2D eigenvalue weighted by atomic mass is 10.1. The Kier molecular flexibility index (Phi) is 17.8. The topological polar surface area (TPSA) is 86.6 Å². The van der Waals surface area contributed by atoms with Crippen LogP contribution >= 0.6 is 0 Å². The fourth-order valence-electron chi connectivity index (χ4n) is 4.23. The molecule has 0 aromatic heterocycles. The first-order valence-electron chi connectivity index (χ1n) is 13.7. The van der Waals surface area contributed by atoms with Crippen LogP contribution in [0.25, 0.3) is 0 Å². The van der Waals surface area contributed by atoms with Crippen LogP contribution in [0.3, 0.4) is 0 Å². The highest BCUT2D eigenvalue weighted by molar-refractivity contribution is 6.88. The van der Waals surface area contributed by atoms with E-state index in [0.717, 1.165) is 24.9 Å². The highest BCUT2D eigenvalue weighted by atomic mass is 28.5.